The monoisotopic (exact) mass is 432 g/mol. The van der Waals surface area contributed by atoms with Crippen molar-refractivity contribution in [3.8, 4) is 16.9 Å². The fourth-order valence-electron chi connectivity index (χ4n) is 3.44. The van der Waals surface area contributed by atoms with Gasteiger partial charge in [0.15, 0.2) is 0 Å². The van der Waals surface area contributed by atoms with Gasteiger partial charge in [-0.25, -0.2) is 17.5 Å². The van der Waals surface area contributed by atoms with E-state index in [1.165, 1.54) is 17.4 Å². The first kappa shape index (κ1) is 19.6. The van der Waals surface area contributed by atoms with Crippen molar-refractivity contribution in [2.75, 3.05) is 6.54 Å². The van der Waals surface area contributed by atoms with Crippen LogP contribution in [0.2, 0.25) is 0 Å². The van der Waals surface area contributed by atoms with E-state index in [0.717, 1.165) is 16.3 Å². The lowest BCUT2D eigenvalue weighted by molar-refractivity contribution is 0.332. The van der Waals surface area contributed by atoms with Crippen molar-refractivity contribution in [3.63, 3.8) is 0 Å². The van der Waals surface area contributed by atoms with Crippen LogP contribution < -0.4 is 10.3 Å². The molecule has 2 aromatic heterocycles. The second-order valence-corrected chi connectivity index (χ2v) is 8.36. The minimum absolute atomic E-state index is 0.0695. The lowest BCUT2D eigenvalue weighted by Crippen LogP contribution is -2.24. The fourth-order valence-corrected chi connectivity index (χ4v) is 4.58. The SMILES string of the molecule is O=c1[nH]c2ccc(O)c(-c3ccc(CC(F)CN[SH](=O)=O)cc3)c2c2ccsc12. The van der Waals surface area contributed by atoms with E-state index in [0.29, 0.717) is 21.3 Å². The van der Waals surface area contributed by atoms with E-state index >= 15 is 0 Å². The molecule has 0 radical (unpaired) electrons. The van der Waals surface area contributed by atoms with E-state index in [9.17, 15) is 22.7 Å². The number of aromatic hydroxyl groups is 1. The second-order valence-electron chi connectivity index (χ2n) is 6.62. The van der Waals surface area contributed by atoms with E-state index in [2.05, 4.69) is 9.71 Å². The Labute approximate surface area is 170 Å². The molecule has 1 unspecified atom stereocenters. The van der Waals surface area contributed by atoms with Gasteiger partial charge in [-0.05, 0) is 34.7 Å². The summed E-state index contributed by atoms with van der Waals surface area (Å²) in [6, 6.07) is 12.1. The van der Waals surface area contributed by atoms with Crippen molar-refractivity contribution in [1.29, 1.82) is 0 Å². The molecule has 0 aliphatic rings. The van der Waals surface area contributed by atoms with Crippen LogP contribution in [-0.4, -0.2) is 31.2 Å². The zero-order valence-corrected chi connectivity index (χ0v) is 16.7. The van der Waals surface area contributed by atoms with E-state index in [-0.39, 0.29) is 24.3 Å². The highest BCUT2D eigenvalue weighted by atomic mass is 32.2. The fraction of sp³-hybridized carbons (Fsp3) is 0.150. The average Bonchev–Trinajstić information content (AvgIpc) is 3.18. The number of halogens is 1. The van der Waals surface area contributed by atoms with Crippen LogP contribution >= 0.6 is 11.3 Å². The van der Waals surface area contributed by atoms with Crippen LogP contribution in [0.5, 0.6) is 5.75 Å². The number of aromatic nitrogens is 1. The Kier molecular flexibility index (Phi) is 5.35. The Morgan fingerprint density at radius 3 is 2.62 bits per heavy atom. The van der Waals surface area contributed by atoms with Crippen LogP contribution in [0.25, 0.3) is 32.1 Å². The first-order valence-electron chi connectivity index (χ1n) is 8.80. The van der Waals surface area contributed by atoms with Crippen LogP contribution in [0.3, 0.4) is 0 Å². The van der Waals surface area contributed by atoms with Gasteiger partial charge in [0.2, 0.25) is 10.9 Å². The molecule has 0 amide bonds. The number of phenolic OH excluding ortho intramolecular Hbond substituents is 1. The summed E-state index contributed by atoms with van der Waals surface area (Å²) >= 11 is 1.34. The van der Waals surface area contributed by atoms with Crippen LogP contribution in [0.1, 0.15) is 5.56 Å². The number of phenols is 1. The molecule has 0 bridgehead atoms. The highest BCUT2D eigenvalue weighted by molar-refractivity contribution is 7.70. The standard InChI is InChI=1S/C20H17FN2O4S2/c21-13(10-22-29(26)27)9-11-1-3-12(4-2-11)17-16(24)6-5-15-18(17)14-7-8-28-19(14)20(25)23-15/h1-8,13,24,29H,9-10H2,(H,23,25)(H,22,26,27). The molecule has 2 heterocycles. The lowest BCUT2D eigenvalue weighted by atomic mass is 9.96. The maximum atomic E-state index is 13.9. The number of rotatable bonds is 6. The zero-order chi connectivity index (χ0) is 20.5. The first-order chi connectivity index (χ1) is 13.9. The van der Waals surface area contributed by atoms with Gasteiger partial charge in [0.1, 0.15) is 16.6 Å². The van der Waals surface area contributed by atoms with E-state index < -0.39 is 17.1 Å². The number of H-pyrrole nitrogens is 1. The molecule has 0 fully saturated rings. The summed E-state index contributed by atoms with van der Waals surface area (Å²) in [5.41, 5.74) is 2.48. The third-order valence-electron chi connectivity index (χ3n) is 4.71. The number of thiol groups is 1. The number of aromatic amines is 1. The largest absolute Gasteiger partial charge is 0.507 e. The maximum absolute atomic E-state index is 13.9. The molecule has 0 aliphatic heterocycles. The van der Waals surface area contributed by atoms with Crippen molar-refractivity contribution in [1.82, 2.24) is 9.71 Å². The number of pyridine rings is 1. The summed E-state index contributed by atoms with van der Waals surface area (Å²) in [6.07, 6.45) is -1.27. The average molecular weight is 432 g/mol. The summed E-state index contributed by atoms with van der Waals surface area (Å²) in [5.74, 6) is 0.0802. The third kappa shape index (κ3) is 3.89. The molecule has 2 aromatic carbocycles. The summed E-state index contributed by atoms with van der Waals surface area (Å²) in [5, 5.41) is 13.9. The lowest BCUT2D eigenvalue weighted by Gasteiger charge is -2.12. The van der Waals surface area contributed by atoms with Crippen molar-refractivity contribution in [2.45, 2.75) is 12.6 Å². The van der Waals surface area contributed by atoms with Crippen LogP contribution in [0.15, 0.2) is 52.6 Å². The highest BCUT2D eigenvalue weighted by Gasteiger charge is 2.16. The highest BCUT2D eigenvalue weighted by Crippen LogP contribution is 2.39. The summed E-state index contributed by atoms with van der Waals surface area (Å²) in [4.78, 5) is 15.1. The molecule has 150 valence electrons. The third-order valence-corrected chi connectivity index (χ3v) is 6.07. The predicted octanol–water partition coefficient (Wildman–Crippen LogP) is 3.11. The molecule has 6 nitrogen and oxygen atoms in total. The van der Waals surface area contributed by atoms with Gasteiger partial charge in [-0.2, -0.15) is 0 Å². The van der Waals surface area contributed by atoms with Gasteiger partial charge in [0.05, 0.1) is 0 Å². The molecule has 4 aromatic rings. The van der Waals surface area contributed by atoms with Crippen molar-refractivity contribution < 1.29 is 17.9 Å². The van der Waals surface area contributed by atoms with Crippen molar-refractivity contribution in [3.05, 3.63) is 63.8 Å². The number of hydrogen-bond donors (Lipinski definition) is 4. The molecule has 0 aliphatic carbocycles. The smallest absolute Gasteiger partial charge is 0.266 e. The van der Waals surface area contributed by atoms with Gasteiger partial charge in [-0.15, -0.1) is 11.3 Å². The number of benzene rings is 2. The Morgan fingerprint density at radius 1 is 1.14 bits per heavy atom. The van der Waals surface area contributed by atoms with Crippen molar-refractivity contribution in [2.24, 2.45) is 0 Å². The number of alkyl halides is 1. The van der Waals surface area contributed by atoms with Gasteiger partial charge >= 0.3 is 0 Å². The molecule has 0 spiro atoms. The van der Waals surface area contributed by atoms with Gasteiger partial charge in [-0.1, -0.05) is 24.3 Å². The summed E-state index contributed by atoms with van der Waals surface area (Å²) in [7, 11) is -2.82. The Morgan fingerprint density at radius 2 is 1.90 bits per heavy atom. The van der Waals surface area contributed by atoms with E-state index in [1.807, 2.05) is 11.4 Å². The molecular formula is C20H17FN2O4S2. The molecule has 0 saturated heterocycles. The van der Waals surface area contributed by atoms with Gasteiger partial charge in [-0.3, -0.25) is 4.79 Å². The Bertz CT molecular complexity index is 1320. The van der Waals surface area contributed by atoms with E-state index in [4.69, 9.17) is 0 Å². The normalized spacial score (nSPS) is 12.8. The van der Waals surface area contributed by atoms with Gasteiger partial charge < -0.3 is 10.1 Å². The summed E-state index contributed by atoms with van der Waals surface area (Å²) < 4.78 is 37.6. The number of fused-ring (bicyclic) bond motifs is 3. The quantitative estimate of drug-likeness (QED) is 0.352. The number of nitrogens with one attached hydrogen (secondary N) is 2. The number of thiophene rings is 1. The molecule has 9 heteroatoms. The summed E-state index contributed by atoms with van der Waals surface area (Å²) in [6.45, 7) is -0.270. The second kappa shape index (κ2) is 7.94. The molecule has 1 atom stereocenters. The zero-order valence-electron chi connectivity index (χ0n) is 15.0. The Balaban J connectivity index is 1.74. The molecule has 29 heavy (non-hydrogen) atoms. The molecular weight excluding hydrogens is 415 g/mol. The molecule has 3 N–H and O–H groups in total. The minimum atomic E-state index is -2.82. The van der Waals surface area contributed by atoms with Crippen molar-refractivity contribution >= 4 is 43.2 Å². The predicted molar refractivity (Wildman–Crippen MR) is 114 cm³/mol. The van der Waals surface area contributed by atoms with Crippen LogP contribution in [0.4, 0.5) is 4.39 Å². The Hall–Kier alpha value is -2.75. The first-order valence-corrected chi connectivity index (χ1v) is 10.9. The van der Waals surface area contributed by atoms with Crippen LogP contribution in [-0.2, 0) is 17.3 Å². The maximum Gasteiger partial charge on any atom is 0.266 e. The number of hydrogen-bond acceptors (Lipinski definition) is 5. The minimum Gasteiger partial charge on any atom is -0.507 e. The van der Waals surface area contributed by atoms with Gasteiger partial charge in [0, 0.05) is 34.8 Å². The molecule has 0 saturated carbocycles. The van der Waals surface area contributed by atoms with Crippen LogP contribution in [0, 0.1) is 0 Å². The topological polar surface area (TPSA) is 99.3 Å². The molecule has 4 rings (SSSR count). The van der Waals surface area contributed by atoms with E-state index in [1.54, 1.807) is 30.3 Å². The van der Waals surface area contributed by atoms with Gasteiger partial charge in [0.25, 0.3) is 5.56 Å².